The summed E-state index contributed by atoms with van der Waals surface area (Å²) in [6.07, 6.45) is -4.41. The molecule has 1 aromatic heterocycles. The molecule has 1 heterocycles. The average molecular weight is 368 g/mol. The van der Waals surface area contributed by atoms with Crippen molar-refractivity contribution >= 4 is 28.3 Å². The van der Waals surface area contributed by atoms with Gasteiger partial charge in [0.2, 0.25) is 0 Å². The van der Waals surface area contributed by atoms with Crippen LogP contribution in [-0.4, -0.2) is 29.3 Å². The Hall–Kier alpha value is -2.54. The van der Waals surface area contributed by atoms with Gasteiger partial charge in [-0.25, -0.2) is 4.79 Å². The highest BCUT2D eigenvalue weighted by Crippen LogP contribution is 2.28. The van der Waals surface area contributed by atoms with E-state index >= 15 is 0 Å². The van der Waals surface area contributed by atoms with Gasteiger partial charge in [0.15, 0.2) is 0 Å². The Bertz CT molecular complexity index is 971. The lowest BCUT2D eigenvalue weighted by Gasteiger charge is -2.22. The van der Waals surface area contributed by atoms with Crippen LogP contribution in [0.5, 0.6) is 0 Å². The summed E-state index contributed by atoms with van der Waals surface area (Å²) in [6.45, 7) is -1.22. The fraction of sp³-hybridized carbons (Fsp3) is 0.176. The molecule has 0 saturated heterocycles. The molecule has 0 bridgehead atoms. The van der Waals surface area contributed by atoms with Gasteiger partial charge in [-0.2, -0.15) is 18.2 Å². The van der Waals surface area contributed by atoms with Crippen molar-refractivity contribution in [2.75, 3.05) is 18.5 Å². The molecule has 0 atom stereocenters. The lowest BCUT2D eigenvalue weighted by Crippen LogP contribution is -2.34. The van der Waals surface area contributed by atoms with E-state index in [-0.39, 0.29) is 5.82 Å². The first-order valence-electron chi connectivity index (χ1n) is 7.32. The standard InChI is InChI=1S/C17H13ClF3N3O/c1-23(10-17(19,20)21)15-13-8-7-11(18)9-14(13)24(16(25)22-15)12-5-3-2-4-6-12/h2-9H,10H2,1H3. The summed E-state index contributed by atoms with van der Waals surface area (Å²) in [6, 6.07) is 13.4. The molecule has 4 nitrogen and oxygen atoms in total. The van der Waals surface area contributed by atoms with Gasteiger partial charge in [-0.1, -0.05) is 29.8 Å². The smallest absolute Gasteiger partial charge is 0.350 e. The lowest BCUT2D eigenvalue weighted by atomic mass is 10.2. The first-order chi connectivity index (χ1) is 11.8. The molecule has 0 aliphatic carbocycles. The van der Waals surface area contributed by atoms with Crippen LogP contribution in [0.3, 0.4) is 0 Å². The Morgan fingerprint density at radius 1 is 1.16 bits per heavy atom. The minimum Gasteiger partial charge on any atom is -0.350 e. The number of hydrogen-bond acceptors (Lipinski definition) is 3. The quantitative estimate of drug-likeness (QED) is 0.701. The van der Waals surface area contributed by atoms with Crippen molar-refractivity contribution in [1.82, 2.24) is 9.55 Å². The van der Waals surface area contributed by atoms with E-state index in [1.165, 1.54) is 17.7 Å². The SMILES string of the molecule is CN(CC(F)(F)F)c1nc(=O)n(-c2ccccc2)c2cc(Cl)ccc12. The summed E-state index contributed by atoms with van der Waals surface area (Å²) < 4.78 is 39.5. The Kier molecular flexibility index (Phi) is 4.43. The van der Waals surface area contributed by atoms with Crippen LogP contribution in [0.1, 0.15) is 0 Å². The van der Waals surface area contributed by atoms with Crippen LogP contribution in [0.25, 0.3) is 16.6 Å². The fourth-order valence-electron chi connectivity index (χ4n) is 2.64. The lowest BCUT2D eigenvalue weighted by molar-refractivity contribution is -0.119. The van der Waals surface area contributed by atoms with E-state index in [2.05, 4.69) is 4.98 Å². The second-order valence-electron chi connectivity index (χ2n) is 5.52. The summed E-state index contributed by atoms with van der Waals surface area (Å²) in [5.74, 6) is -0.0406. The Labute approximate surface area is 146 Å². The van der Waals surface area contributed by atoms with Crippen molar-refractivity contribution < 1.29 is 13.2 Å². The van der Waals surface area contributed by atoms with E-state index in [0.29, 0.717) is 21.6 Å². The molecular formula is C17H13ClF3N3O. The van der Waals surface area contributed by atoms with Crippen LogP contribution < -0.4 is 10.6 Å². The predicted octanol–water partition coefficient (Wildman–Crippen LogP) is 4.04. The molecule has 0 aliphatic rings. The Balaban J connectivity index is 2.28. The summed E-state index contributed by atoms with van der Waals surface area (Å²) in [5.41, 5.74) is 0.269. The molecule has 130 valence electrons. The van der Waals surface area contributed by atoms with Gasteiger partial charge in [0.25, 0.3) is 0 Å². The number of hydrogen-bond donors (Lipinski definition) is 0. The van der Waals surface area contributed by atoms with Gasteiger partial charge in [0, 0.05) is 17.5 Å². The van der Waals surface area contributed by atoms with E-state index in [1.54, 1.807) is 42.5 Å². The summed E-state index contributed by atoms with van der Waals surface area (Å²) in [4.78, 5) is 17.3. The van der Waals surface area contributed by atoms with E-state index in [9.17, 15) is 18.0 Å². The van der Waals surface area contributed by atoms with Crippen molar-refractivity contribution in [2.45, 2.75) is 6.18 Å². The van der Waals surface area contributed by atoms with Crippen molar-refractivity contribution in [2.24, 2.45) is 0 Å². The number of para-hydroxylation sites is 1. The van der Waals surface area contributed by atoms with Crippen molar-refractivity contribution in [3.05, 3.63) is 64.0 Å². The third kappa shape index (κ3) is 3.61. The number of alkyl halides is 3. The molecule has 0 unspecified atom stereocenters. The van der Waals surface area contributed by atoms with E-state index in [4.69, 9.17) is 11.6 Å². The molecule has 3 rings (SSSR count). The maximum absolute atomic E-state index is 12.7. The van der Waals surface area contributed by atoms with E-state index in [0.717, 1.165) is 4.90 Å². The zero-order chi connectivity index (χ0) is 18.2. The van der Waals surface area contributed by atoms with Gasteiger partial charge < -0.3 is 4.90 Å². The van der Waals surface area contributed by atoms with Gasteiger partial charge in [-0.3, -0.25) is 4.57 Å². The number of nitrogens with zero attached hydrogens (tertiary/aromatic N) is 3. The zero-order valence-electron chi connectivity index (χ0n) is 13.1. The van der Waals surface area contributed by atoms with Gasteiger partial charge in [0.05, 0.1) is 11.2 Å². The summed E-state index contributed by atoms with van der Waals surface area (Å²) >= 11 is 6.04. The Morgan fingerprint density at radius 2 is 1.84 bits per heavy atom. The normalized spacial score (nSPS) is 11.7. The van der Waals surface area contributed by atoms with E-state index in [1.807, 2.05) is 0 Å². The minimum absolute atomic E-state index is 0.0406. The first kappa shape index (κ1) is 17.3. The number of rotatable bonds is 3. The fourth-order valence-corrected chi connectivity index (χ4v) is 2.81. The molecule has 0 spiro atoms. The molecule has 0 N–H and O–H groups in total. The molecule has 0 saturated carbocycles. The summed E-state index contributed by atoms with van der Waals surface area (Å²) in [5, 5.41) is 0.770. The highest BCUT2D eigenvalue weighted by molar-refractivity contribution is 6.31. The molecule has 3 aromatic rings. The number of anilines is 1. The first-order valence-corrected chi connectivity index (χ1v) is 7.70. The molecule has 2 aromatic carbocycles. The number of halogens is 4. The molecule has 0 amide bonds. The topological polar surface area (TPSA) is 38.1 Å². The van der Waals surface area contributed by atoms with Crippen LogP contribution in [0.15, 0.2) is 53.3 Å². The third-order valence-corrected chi connectivity index (χ3v) is 3.86. The second-order valence-corrected chi connectivity index (χ2v) is 5.96. The summed E-state index contributed by atoms with van der Waals surface area (Å²) in [7, 11) is 1.25. The Morgan fingerprint density at radius 3 is 2.48 bits per heavy atom. The van der Waals surface area contributed by atoms with Crippen LogP contribution in [0.4, 0.5) is 19.0 Å². The van der Waals surface area contributed by atoms with Crippen LogP contribution >= 0.6 is 11.6 Å². The number of aromatic nitrogens is 2. The maximum Gasteiger partial charge on any atom is 0.405 e. The van der Waals surface area contributed by atoms with E-state index < -0.39 is 18.4 Å². The minimum atomic E-state index is -4.41. The van der Waals surface area contributed by atoms with Gasteiger partial charge in [-0.05, 0) is 30.3 Å². The molecule has 8 heteroatoms. The molecule has 0 aliphatic heterocycles. The van der Waals surface area contributed by atoms with Crippen molar-refractivity contribution in [3.8, 4) is 5.69 Å². The predicted molar refractivity (Wildman–Crippen MR) is 91.7 cm³/mol. The highest BCUT2D eigenvalue weighted by Gasteiger charge is 2.30. The van der Waals surface area contributed by atoms with Crippen molar-refractivity contribution in [3.63, 3.8) is 0 Å². The molecule has 0 fully saturated rings. The largest absolute Gasteiger partial charge is 0.405 e. The molecular weight excluding hydrogens is 355 g/mol. The number of benzene rings is 2. The second kappa shape index (κ2) is 6.40. The molecule has 25 heavy (non-hydrogen) atoms. The maximum atomic E-state index is 12.7. The van der Waals surface area contributed by atoms with Gasteiger partial charge >= 0.3 is 11.9 Å². The monoisotopic (exact) mass is 367 g/mol. The van der Waals surface area contributed by atoms with Crippen LogP contribution in [0.2, 0.25) is 5.02 Å². The van der Waals surface area contributed by atoms with Gasteiger partial charge in [0.1, 0.15) is 12.4 Å². The van der Waals surface area contributed by atoms with Gasteiger partial charge in [-0.15, -0.1) is 0 Å². The zero-order valence-corrected chi connectivity index (χ0v) is 13.8. The highest BCUT2D eigenvalue weighted by atomic mass is 35.5. The molecule has 0 radical (unpaired) electrons. The van der Waals surface area contributed by atoms with Crippen molar-refractivity contribution in [1.29, 1.82) is 0 Å². The van der Waals surface area contributed by atoms with Crippen LogP contribution in [0, 0.1) is 0 Å². The average Bonchev–Trinajstić information content (AvgIpc) is 2.53. The number of fused-ring (bicyclic) bond motifs is 1. The third-order valence-electron chi connectivity index (χ3n) is 3.63. The van der Waals surface area contributed by atoms with Crippen LogP contribution in [-0.2, 0) is 0 Å².